The summed E-state index contributed by atoms with van der Waals surface area (Å²) in [5, 5.41) is 14.4. The number of carboxylic acids is 1. The molecule has 2 aromatic rings. The summed E-state index contributed by atoms with van der Waals surface area (Å²) in [6.07, 6.45) is -6.01. The summed E-state index contributed by atoms with van der Waals surface area (Å²) in [5.74, 6) is -1.46. The number of halogens is 3. The van der Waals surface area contributed by atoms with Gasteiger partial charge in [-0.25, -0.2) is 9.78 Å². The average Bonchev–Trinajstić information content (AvgIpc) is 3.12. The molecule has 9 nitrogen and oxygen atoms in total. The Labute approximate surface area is 167 Å². The molecule has 0 bridgehead atoms. The molecule has 1 amide bonds. The van der Waals surface area contributed by atoms with Crippen LogP contribution in [0, 0.1) is 0 Å². The van der Waals surface area contributed by atoms with Gasteiger partial charge in [-0.05, 0) is 11.4 Å². The largest absolute Gasteiger partial charge is 0.480 e. The first-order valence-electron chi connectivity index (χ1n) is 8.72. The third kappa shape index (κ3) is 5.03. The van der Waals surface area contributed by atoms with Crippen LogP contribution in [0.5, 0.6) is 0 Å². The zero-order valence-electron chi connectivity index (χ0n) is 15.1. The van der Waals surface area contributed by atoms with Gasteiger partial charge in [-0.15, -0.1) is 11.3 Å². The van der Waals surface area contributed by atoms with E-state index in [2.05, 4.69) is 15.3 Å². The van der Waals surface area contributed by atoms with Crippen molar-refractivity contribution >= 4 is 45.2 Å². The van der Waals surface area contributed by atoms with E-state index in [0.717, 1.165) is 5.39 Å². The lowest BCUT2D eigenvalue weighted by Crippen LogP contribution is -2.49. The van der Waals surface area contributed by atoms with Crippen molar-refractivity contribution in [2.24, 2.45) is 5.73 Å². The number of carbonyl (C=O) groups is 2. The highest BCUT2D eigenvalue weighted by Gasteiger charge is 2.34. The van der Waals surface area contributed by atoms with Crippen LogP contribution in [0.2, 0.25) is 0 Å². The Balaban J connectivity index is 1.77. The highest BCUT2D eigenvalue weighted by Crippen LogP contribution is 2.30. The van der Waals surface area contributed by atoms with E-state index in [0.29, 0.717) is 23.7 Å². The van der Waals surface area contributed by atoms with Crippen LogP contribution in [0.3, 0.4) is 0 Å². The quantitative estimate of drug-likeness (QED) is 0.620. The van der Waals surface area contributed by atoms with Gasteiger partial charge in [-0.3, -0.25) is 4.79 Å². The van der Waals surface area contributed by atoms with Gasteiger partial charge in [-0.2, -0.15) is 18.2 Å². The molecule has 29 heavy (non-hydrogen) atoms. The van der Waals surface area contributed by atoms with Crippen LogP contribution in [-0.4, -0.2) is 76.8 Å². The van der Waals surface area contributed by atoms with Gasteiger partial charge in [0, 0.05) is 32.7 Å². The second-order valence-corrected chi connectivity index (χ2v) is 7.34. The summed E-state index contributed by atoms with van der Waals surface area (Å²) in [4.78, 5) is 35.4. The lowest BCUT2D eigenvalue weighted by molar-refractivity contribution is -0.161. The van der Waals surface area contributed by atoms with Crippen molar-refractivity contribution in [1.29, 1.82) is 0 Å². The van der Waals surface area contributed by atoms with Crippen LogP contribution in [0.15, 0.2) is 11.4 Å². The van der Waals surface area contributed by atoms with Gasteiger partial charge in [0.15, 0.2) is 0 Å². The Hall–Kier alpha value is -2.67. The Bertz CT molecular complexity index is 898. The van der Waals surface area contributed by atoms with E-state index in [1.54, 1.807) is 0 Å². The number of rotatable bonds is 6. The van der Waals surface area contributed by atoms with Crippen molar-refractivity contribution in [3.8, 4) is 0 Å². The molecule has 0 aromatic carbocycles. The number of carboxylic acid groups (broad SMARTS) is 1. The summed E-state index contributed by atoms with van der Waals surface area (Å²) >= 11 is 1.35. The van der Waals surface area contributed by atoms with Gasteiger partial charge >= 0.3 is 12.1 Å². The van der Waals surface area contributed by atoms with Crippen molar-refractivity contribution in [2.45, 2.75) is 18.6 Å². The molecular formula is C16H19F3N6O3S. The predicted octanol–water partition coefficient (Wildman–Crippen LogP) is 1.12. The fraction of sp³-hybridized carbons (Fsp3) is 0.500. The summed E-state index contributed by atoms with van der Waals surface area (Å²) < 4.78 is 37.3. The molecule has 0 saturated carbocycles. The normalized spacial score (nSPS) is 16.1. The standard InChI is InChI=1S/C16H19F3N6O3S/c17-16(18,19)7-11(26)24-2-4-25(5-3-24)12-9-1-6-29-13(9)23-15(22-12)21-10(8-20)14(27)28/h1,6,10H,2-5,7-8,20H2,(H,27,28)(H,21,22,23)/t10-/m1/s1. The molecule has 1 saturated heterocycles. The number of alkyl halides is 3. The first-order valence-corrected chi connectivity index (χ1v) is 9.60. The maximum absolute atomic E-state index is 12.4. The van der Waals surface area contributed by atoms with Gasteiger partial charge < -0.3 is 26.0 Å². The van der Waals surface area contributed by atoms with Crippen LogP contribution < -0.4 is 16.0 Å². The minimum atomic E-state index is -4.53. The molecule has 1 fully saturated rings. The van der Waals surface area contributed by atoms with E-state index in [9.17, 15) is 22.8 Å². The zero-order valence-corrected chi connectivity index (χ0v) is 16.0. The monoisotopic (exact) mass is 432 g/mol. The molecule has 0 radical (unpaired) electrons. The summed E-state index contributed by atoms with van der Waals surface area (Å²) in [5.41, 5.74) is 5.46. The number of aromatic nitrogens is 2. The van der Waals surface area contributed by atoms with E-state index < -0.39 is 30.5 Å². The number of nitrogens with zero attached hydrogens (tertiary/aromatic N) is 4. The third-order valence-electron chi connectivity index (χ3n) is 4.43. The van der Waals surface area contributed by atoms with Gasteiger partial charge in [0.2, 0.25) is 11.9 Å². The fourth-order valence-corrected chi connectivity index (χ4v) is 3.73. The van der Waals surface area contributed by atoms with E-state index in [-0.39, 0.29) is 25.6 Å². The molecule has 0 aliphatic carbocycles. The minimum absolute atomic E-state index is 0.100. The Morgan fingerprint density at radius 1 is 1.28 bits per heavy atom. The topological polar surface area (TPSA) is 125 Å². The number of amides is 1. The number of piperazine rings is 1. The number of aliphatic carboxylic acids is 1. The van der Waals surface area contributed by atoms with Crippen molar-refractivity contribution in [3.05, 3.63) is 11.4 Å². The molecule has 13 heteroatoms. The second-order valence-electron chi connectivity index (χ2n) is 6.44. The Morgan fingerprint density at radius 3 is 2.55 bits per heavy atom. The summed E-state index contributed by atoms with van der Waals surface area (Å²) in [6.45, 7) is 0.701. The van der Waals surface area contributed by atoms with Crippen LogP contribution in [-0.2, 0) is 9.59 Å². The molecule has 0 unspecified atom stereocenters. The number of thiophene rings is 1. The van der Waals surface area contributed by atoms with E-state index >= 15 is 0 Å². The molecule has 1 aliphatic heterocycles. The number of fused-ring (bicyclic) bond motifs is 1. The highest BCUT2D eigenvalue weighted by atomic mass is 32.1. The predicted molar refractivity (Wildman–Crippen MR) is 101 cm³/mol. The molecule has 4 N–H and O–H groups in total. The molecule has 1 atom stereocenters. The summed E-state index contributed by atoms with van der Waals surface area (Å²) in [6, 6.07) is 0.759. The van der Waals surface area contributed by atoms with Crippen molar-refractivity contribution in [2.75, 3.05) is 42.9 Å². The third-order valence-corrected chi connectivity index (χ3v) is 5.23. The van der Waals surface area contributed by atoms with Crippen molar-refractivity contribution < 1.29 is 27.9 Å². The van der Waals surface area contributed by atoms with Crippen molar-refractivity contribution in [3.63, 3.8) is 0 Å². The van der Waals surface area contributed by atoms with Gasteiger partial charge in [0.1, 0.15) is 23.1 Å². The molecule has 3 heterocycles. The molecule has 2 aromatic heterocycles. The van der Waals surface area contributed by atoms with Gasteiger partial charge in [-0.1, -0.05) is 0 Å². The van der Waals surface area contributed by atoms with Gasteiger partial charge in [0.25, 0.3) is 0 Å². The van der Waals surface area contributed by atoms with E-state index in [1.165, 1.54) is 16.2 Å². The number of anilines is 2. The smallest absolute Gasteiger partial charge is 0.397 e. The molecule has 158 valence electrons. The summed E-state index contributed by atoms with van der Waals surface area (Å²) in [7, 11) is 0. The van der Waals surface area contributed by atoms with E-state index in [4.69, 9.17) is 10.8 Å². The number of carbonyl (C=O) groups excluding carboxylic acids is 1. The van der Waals surface area contributed by atoms with Gasteiger partial charge in [0.05, 0.1) is 5.39 Å². The fourth-order valence-electron chi connectivity index (χ4n) is 2.97. The minimum Gasteiger partial charge on any atom is -0.480 e. The first-order chi connectivity index (χ1) is 13.7. The number of nitrogens with two attached hydrogens (primary N) is 1. The van der Waals surface area contributed by atoms with E-state index in [1.807, 2.05) is 16.3 Å². The highest BCUT2D eigenvalue weighted by molar-refractivity contribution is 7.16. The first kappa shape index (κ1) is 21.0. The van der Waals surface area contributed by atoms with Crippen LogP contribution in [0.4, 0.5) is 24.9 Å². The maximum Gasteiger partial charge on any atom is 0.397 e. The molecule has 3 rings (SSSR count). The maximum atomic E-state index is 12.4. The zero-order chi connectivity index (χ0) is 21.2. The molecular weight excluding hydrogens is 413 g/mol. The van der Waals surface area contributed by atoms with Crippen LogP contribution in [0.1, 0.15) is 6.42 Å². The lowest BCUT2D eigenvalue weighted by atomic mass is 10.2. The molecule has 0 spiro atoms. The Kier molecular flexibility index (Phi) is 6.07. The number of nitrogens with one attached hydrogen (secondary N) is 1. The van der Waals surface area contributed by atoms with Crippen molar-refractivity contribution in [1.82, 2.24) is 14.9 Å². The van der Waals surface area contributed by atoms with Crippen LogP contribution >= 0.6 is 11.3 Å². The second kappa shape index (κ2) is 8.37. The SMILES string of the molecule is NC[C@@H](Nc1nc(N2CCN(C(=O)CC(F)(F)F)CC2)c2ccsc2n1)C(=O)O. The lowest BCUT2D eigenvalue weighted by Gasteiger charge is -2.36. The average molecular weight is 432 g/mol. The molecule has 1 aliphatic rings. The Morgan fingerprint density at radius 2 is 1.97 bits per heavy atom. The number of hydrogen-bond donors (Lipinski definition) is 3. The number of hydrogen-bond acceptors (Lipinski definition) is 8. The van der Waals surface area contributed by atoms with Crippen LogP contribution in [0.25, 0.3) is 10.2 Å².